The van der Waals surface area contributed by atoms with Gasteiger partial charge in [-0.25, -0.2) is 4.98 Å². The number of amides is 1. The van der Waals surface area contributed by atoms with Gasteiger partial charge in [0.05, 0.1) is 25.7 Å². The van der Waals surface area contributed by atoms with Gasteiger partial charge >= 0.3 is 0 Å². The first-order valence-electron chi connectivity index (χ1n) is 16.8. The molecule has 0 aliphatic carbocycles. The third kappa shape index (κ3) is 7.62. The zero-order valence-electron chi connectivity index (χ0n) is 28.2. The number of hydrogen-bond donors (Lipinski definition) is 2. The van der Waals surface area contributed by atoms with Crippen LogP contribution in [0.25, 0.3) is 16.5 Å². The Morgan fingerprint density at radius 3 is 2.54 bits per heavy atom. The fourth-order valence-corrected chi connectivity index (χ4v) is 6.46. The molecule has 50 heavy (non-hydrogen) atoms. The van der Waals surface area contributed by atoms with Crippen LogP contribution in [0.3, 0.4) is 0 Å². The maximum absolute atomic E-state index is 13.6. The number of carbonyl (C=O) groups is 1. The number of nitrogens with one attached hydrogen (secondary N) is 1. The van der Waals surface area contributed by atoms with Gasteiger partial charge in [0.1, 0.15) is 17.2 Å². The lowest BCUT2D eigenvalue weighted by atomic mass is 10.1. The predicted octanol–water partition coefficient (Wildman–Crippen LogP) is 6.52. The number of nitrogens with two attached hydrogens (primary N) is 1. The van der Waals surface area contributed by atoms with Gasteiger partial charge in [-0.3, -0.25) is 14.5 Å². The first kappa shape index (κ1) is 32.8. The molecule has 3 N–H and O–H groups in total. The van der Waals surface area contributed by atoms with Crippen molar-refractivity contribution in [2.75, 3.05) is 25.5 Å². The Balaban J connectivity index is 1.07. The number of ether oxygens (including phenoxy) is 2. The highest BCUT2D eigenvalue weighted by Crippen LogP contribution is 2.27. The Bertz CT molecular complexity index is 2210. The van der Waals surface area contributed by atoms with Crippen LogP contribution < -0.4 is 26.1 Å². The number of nitrogens with zero attached hydrogens (tertiary/aromatic N) is 4. The number of fused-ring (bicyclic) bond motifs is 1. The summed E-state index contributed by atoms with van der Waals surface area (Å²) in [6.45, 7) is 4.99. The minimum absolute atomic E-state index is 0.0848. The summed E-state index contributed by atoms with van der Waals surface area (Å²) in [7, 11) is 1.63. The number of piperidine rings is 1. The summed E-state index contributed by atoms with van der Waals surface area (Å²) in [5.41, 5.74) is 11.2. The van der Waals surface area contributed by atoms with E-state index >= 15 is 0 Å². The highest BCUT2D eigenvalue weighted by atomic mass is 16.5. The van der Waals surface area contributed by atoms with E-state index in [1.165, 1.54) is 0 Å². The highest BCUT2D eigenvalue weighted by Gasteiger charge is 2.18. The third-order valence-corrected chi connectivity index (χ3v) is 8.99. The molecule has 1 fully saturated rings. The second kappa shape index (κ2) is 14.4. The molecular weight excluding hydrogens is 628 g/mol. The van der Waals surface area contributed by atoms with Crippen LogP contribution in [-0.2, 0) is 13.1 Å². The van der Waals surface area contributed by atoms with E-state index in [0.717, 1.165) is 66.1 Å². The van der Waals surface area contributed by atoms with Crippen molar-refractivity contribution in [3.05, 3.63) is 142 Å². The van der Waals surface area contributed by atoms with Crippen molar-refractivity contribution >= 4 is 22.4 Å². The Labute approximate surface area is 290 Å². The molecule has 7 rings (SSSR count). The summed E-state index contributed by atoms with van der Waals surface area (Å²) in [6.07, 6.45) is 7.66. The van der Waals surface area contributed by atoms with Gasteiger partial charge in [-0.05, 0) is 116 Å². The molecule has 1 saturated heterocycles. The monoisotopic (exact) mass is 668 g/mol. The molecule has 1 unspecified atom stereocenters. The largest absolute Gasteiger partial charge is 0.497 e. The SMILES string of the molecule is COc1ccc(Cn2ccc3cc(Oc4cccc(C(=O)Nc5cc(CN6CCCC(N)C6)cc(-n6cnc(C)c6)c5)c4)ccc3c2=O)cc1. The molecule has 1 aliphatic rings. The molecule has 1 aliphatic heterocycles. The van der Waals surface area contributed by atoms with E-state index in [0.29, 0.717) is 34.7 Å². The maximum atomic E-state index is 13.6. The topological polar surface area (TPSA) is 117 Å². The normalized spacial score (nSPS) is 14.8. The van der Waals surface area contributed by atoms with Crippen molar-refractivity contribution in [3.8, 4) is 22.9 Å². The minimum atomic E-state index is -0.253. The Kier molecular flexibility index (Phi) is 9.46. The number of methoxy groups -OCH3 is 1. The van der Waals surface area contributed by atoms with Gasteiger partial charge in [-0.1, -0.05) is 18.2 Å². The van der Waals surface area contributed by atoms with Crippen molar-refractivity contribution in [1.82, 2.24) is 19.0 Å². The van der Waals surface area contributed by atoms with Crippen LogP contribution in [0.4, 0.5) is 5.69 Å². The summed E-state index contributed by atoms with van der Waals surface area (Å²) < 4.78 is 15.1. The van der Waals surface area contributed by atoms with E-state index in [4.69, 9.17) is 15.2 Å². The molecule has 0 radical (unpaired) electrons. The molecule has 0 spiro atoms. The van der Waals surface area contributed by atoms with Gasteiger partial charge in [-0.2, -0.15) is 0 Å². The molecule has 0 bridgehead atoms. The van der Waals surface area contributed by atoms with Crippen molar-refractivity contribution in [2.24, 2.45) is 5.73 Å². The molecule has 10 nitrogen and oxygen atoms in total. The predicted molar refractivity (Wildman–Crippen MR) is 196 cm³/mol. The fraction of sp³-hybridized carbons (Fsp3) is 0.225. The van der Waals surface area contributed by atoms with E-state index < -0.39 is 0 Å². The van der Waals surface area contributed by atoms with Crippen molar-refractivity contribution in [1.29, 1.82) is 0 Å². The molecule has 6 aromatic rings. The maximum Gasteiger partial charge on any atom is 0.258 e. The van der Waals surface area contributed by atoms with E-state index in [-0.39, 0.29) is 17.5 Å². The number of rotatable bonds is 10. The number of pyridine rings is 1. The first-order chi connectivity index (χ1) is 24.3. The van der Waals surface area contributed by atoms with Crippen LogP contribution in [0.2, 0.25) is 0 Å². The van der Waals surface area contributed by atoms with Crippen molar-refractivity contribution in [2.45, 2.75) is 38.9 Å². The van der Waals surface area contributed by atoms with Gasteiger partial charge in [0.25, 0.3) is 11.5 Å². The highest BCUT2D eigenvalue weighted by molar-refractivity contribution is 6.04. The van der Waals surface area contributed by atoms with Crippen LogP contribution >= 0.6 is 0 Å². The first-order valence-corrected chi connectivity index (χ1v) is 16.8. The fourth-order valence-electron chi connectivity index (χ4n) is 6.46. The van der Waals surface area contributed by atoms with Crippen LogP contribution in [0.1, 0.15) is 40.0 Å². The van der Waals surface area contributed by atoms with Crippen molar-refractivity contribution in [3.63, 3.8) is 0 Å². The standard InChI is InChI=1S/C40H40N6O4/c1-27-22-46(26-42-27)34-18-29(23-44-15-4-6-32(41)25-44)17-33(21-34)43-39(47)31-5-3-7-36(20-31)50-37-12-13-38-30(19-37)14-16-45(40(38)48)24-28-8-10-35(49-2)11-9-28/h3,5,7-14,16-22,26,32H,4,6,15,23-25,41H2,1-2H3,(H,43,47). The average molecular weight is 669 g/mol. The Morgan fingerprint density at radius 2 is 1.76 bits per heavy atom. The lowest BCUT2D eigenvalue weighted by Gasteiger charge is -2.30. The summed E-state index contributed by atoms with van der Waals surface area (Å²) in [4.78, 5) is 33.6. The zero-order chi connectivity index (χ0) is 34.6. The van der Waals surface area contributed by atoms with E-state index in [9.17, 15) is 9.59 Å². The molecular formula is C40H40N6O4. The van der Waals surface area contributed by atoms with Crippen molar-refractivity contribution < 1.29 is 14.3 Å². The molecule has 2 aromatic heterocycles. The second-order valence-electron chi connectivity index (χ2n) is 12.9. The number of anilines is 1. The lowest BCUT2D eigenvalue weighted by Crippen LogP contribution is -2.42. The average Bonchev–Trinajstić information content (AvgIpc) is 3.56. The van der Waals surface area contributed by atoms with Gasteiger partial charge in [0.2, 0.25) is 0 Å². The van der Waals surface area contributed by atoms with Crippen LogP contribution in [0.15, 0.2) is 115 Å². The number of aryl methyl sites for hydroxylation is 1. The molecule has 10 heteroatoms. The Hall–Kier alpha value is -5.71. The minimum Gasteiger partial charge on any atom is -0.497 e. The summed E-state index contributed by atoms with van der Waals surface area (Å²) in [6, 6.07) is 28.3. The van der Waals surface area contributed by atoms with E-state index in [2.05, 4.69) is 21.3 Å². The molecule has 1 atom stereocenters. The van der Waals surface area contributed by atoms with Gasteiger partial charge in [0.15, 0.2) is 0 Å². The number of aromatic nitrogens is 3. The van der Waals surface area contributed by atoms with Gasteiger partial charge in [0, 0.05) is 53.8 Å². The Morgan fingerprint density at radius 1 is 0.940 bits per heavy atom. The molecule has 0 saturated carbocycles. The van der Waals surface area contributed by atoms with Crippen LogP contribution in [-0.4, -0.2) is 51.2 Å². The van der Waals surface area contributed by atoms with Crippen LogP contribution in [0, 0.1) is 6.92 Å². The quantitative estimate of drug-likeness (QED) is 0.171. The lowest BCUT2D eigenvalue weighted by molar-refractivity contribution is 0.102. The van der Waals surface area contributed by atoms with Crippen LogP contribution in [0.5, 0.6) is 17.2 Å². The number of carbonyl (C=O) groups excluding carboxylic acids is 1. The number of likely N-dealkylation sites (tertiary alicyclic amines) is 1. The number of hydrogen-bond acceptors (Lipinski definition) is 7. The van der Waals surface area contributed by atoms with Gasteiger partial charge in [-0.15, -0.1) is 0 Å². The molecule has 3 heterocycles. The summed E-state index contributed by atoms with van der Waals surface area (Å²) in [5, 5.41) is 4.46. The smallest absolute Gasteiger partial charge is 0.258 e. The van der Waals surface area contributed by atoms with E-state index in [1.54, 1.807) is 60.6 Å². The van der Waals surface area contributed by atoms with E-state index in [1.807, 2.05) is 66.2 Å². The zero-order valence-corrected chi connectivity index (χ0v) is 28.2. The third-order valence-electron chi connectivity index (χ3n) is 8.99. The summed E-state index contributed by atoms with van der Waals surface area (Å²) in [5.74, 6) is 1.59. The molecule has 254 valence electrons. The van der Waals surface area contributed by atoms with Gasteiger partial charge < -0.3 is 29.7 Å². The summed E-state index contributed by atoms with van der Waals surface area (Å²) >= 11 is 0. The molecule has 1 amide bonds. The molecule has 4 aromatic carbocycles. The number of imidazole rings is 1. The second-order valence-corrected chi connectivity index (χ2v) is 12.9. The number of benzene rings is 4.